The van der Waals surface area contributed by atoms with Gasteiger partial charge >= 0.3 is 0 Å². The van der Waals surface area contributed by atoms with Gasteiger partial charge in [0.1, 0.15) is 5.82 Å². The number of H-pyrrole nitrogens is 1. The van der Waals surface area contributed by atoms with E-state index in [2.05, 4.69) is 30.7 Å². The van der Waals surface area contributed by atoms with Crippen molar-refractivity contribution in [3.05, 3.63) is 18.2 Å². The molecular weight excluding hydrogens is 226 g/mol. The van der Waals surface area contributed by atoms with E-state index in [0.717, 1.165) is 31.8 Å². The number of likely N-dealkylation sites (tertiary alicyclic amines) is 1. The first-order chi connectivity index (χ1) is 8.46. The lowest BCUT2D eigenvalue weighted by Crippen LogP contribution is -2.39. The summed E-state index contributed by atoms with van der Waals surface area (Å²) in [6.07, 6.45) is 6.34. The molecule has 0 radical (unpaired) electrons. The van der Waals surface area contributed by atoms with Gasteiger partial charge < -0.3 is 9.88 Å². The molecule has 1 saturated heterocycles. The number of imidazole rings is 1. The zero-order valence-electron chi connectivity index (χ0n) is 11.6. The Bertz CT molecular complexity index is 384. The second-order valence-corrected chi connectivity index (χ2v) is 6.37. The summed E-state index contributed by atoms with van der Waals surface area (Å²) in [6, 6.07) is 0. The molecule has 4 heteroatoms. The van der Waals surface area contributed by atoms with Crippen LogP contribution in [0.15, 0.2) is 12.4 Å². The Hall–Kier alpha value is -1.32. The number of carbonyl (C=O) groups excluding carboxylic acids is 1. The second kappa shape index (κ2) is 5.12. The zero-order chi connectivity index (χ0) is 13.2. The topological polar surface area (TPSA) is 49.0 Å². The number of amides is 1. The van der Waals surface area contributed by atoms with Crippen molar-refractivity contribution >= 4 is 5.91 Å². The lowest BCUT2D eigenvalue weighted by atomic mass is 9.90. The van der Waals surface area contributed by atoms with E-state index in [0.29, 0.717) is 18.2 Å². The number of rotatable bonds is 2. The number of piperidine rings is 1. The maximum Gasteiger partial charge on any atom is 0.223 e. The summed E-state index contributed by atoms with van der Waals surface area (Å²) >= 11 is 0. The predicted molar refractivity (Wildman–Crippen MR) is 71.2 cm³/mol. The van der Waals surface area contributed by atoms with E-state index in [-0.39, 0.29) is 5.41 Å². The minimum Gasteiger partial charge on any atom is -0.348 e. The van der Waals surface area contributed by atoms with Crippen LogP contribution in [0.4, 0.5) is 0 Å². The third kappa shape index (κ3) is 3.34. The highest BCUT2D eigenvalue weighted by Crippen LogP contribution is 2.27. The Morgan fingerprint density at radius 3 is 2.61 bits per heavy atom. The van der Waals surface area contributed by atoms with Crippen LogP contribution in [0.3, 0.4) is 0 Å². The van der Waals surface area contributed by atoms with Crippen molar-refractivity contribution in [2.45, 2.75) is 46.0 Å². The number of aromatic nitrogens is 2. The molecule has 1 N–H and O–H groups in total. The fourth-order valence-electron chi connectivity index (χ4n) is 2.47. The van der Waals surface area contributed by atoms with Crippen LogP contribution >= 0.6 is 0 Å². The van der Waals surface area contributed by atoms with Crippen molar-refractivity contribution in [3.63, 3.8) is 0 Å². The number of hydrogen-bond donors (Lipinski definition) is 1. The minimum absolute atomic E-state index is 0.0783. The van der Waals surface area contributed by atoms with Gasteiger partial charge in [-0.15, -0.1) is 0 Å². The van der Waals surface area contributed by atoms with E-state index in [1.165, 1.54) is 0 Å². The van der Waals surface area contributed by atoms with Gasteiger partial charge in [-0.05, 0) is 18.3 Å². The minimum atomic E-state index is 0.0783. The molecule has 0 saturated carbocycles. The van der Waals surface area contributed by atoms with Crippen LogP contribution in [0.5, 0.6) is 0 Å². The van der Waals surface area contributed by atoms with Crippen LogP contribution in [-0.2, 0) is 4.79 Å². The first-order valence-corrected chi connectivity index (χ1v) is 6.73. The van der Waals surface area contributed by atoms with E-state index in [4.69, 9.17) is 0 Å². The third-order valence-electron chi connectivity index (χ3n) is 3.44. The first-order valence-electron chi connectivity index (χ1n) is 6.73. The van der Waals surface area contributed by atoms with E-state index < -0.39 is 0 Å². The predicted octanol–water partition coefficient (Wildman–Crippen LogP) is 2.55. The van der Waals surface area contributed by atoms with Gasteiger partial charge in [0, 0.05) is 37.8 Å². The van der Waals surface area contributed by atoms with Crippen LogP contribution in [0, 0.1) is 5.41 Å². The molecule has 2 heterocycles. The molecule has 100 valence electrons. The van der Waals surface area contributed by atoms with Crippen LogP contribution < -0.4 is 0 Å². The molecule has 1 aromatic heterocycles. The normalized spacial score (nSPS) is 18.1. The van der Waals surface area contributed by atoms with Crippen molar-refractivity contribution in [1.29, 1.82) is 0 Å². The highest BCUT2D eigenvalue weighted by atomic mass is 16.2. The summed E-state index contributed by atoms with van der Waals surface area (Å²) < 4.78 is 0. The molecule has 4 nitrogen and oxygen atoms in total. The molecule has 0 spiro atoms. The molecule has 0 aromatic carbocycles. The van der Waals surface area contributed by atoms with Gasteiger partial charge in [-0.3, -0.25) is 4.79 Å². The first kappa shape index (κ1) is 13.1. The summed E-state index contributed by atoms with van der Waals surface area (Å²) in [5.41, 5.74) is 0.0783. The average molecular weight is 249 g/mol. The van der Waals surface area contributed by atoms with E-state index in [1.54, 1.807) is 6.20 Å². The number of nitrogens with zero attached hydrogens (tertiary/aromatic N) is 2. The Labute approximate surface area is 109 Å². The third-order valence-corrected chi connectivity index (χ3v) is 3.44. The SMILES string of the molecule is CC(C)(C)CC(=O)N1CCC(c2ncc[nH]2)CC1. The van der Waals surface area contributed by atoms with Crippen LogP contribution in [0.1, 0.15) is 51.8 Å². The van der Waals surface area contributed by atoms with Gasteiger partial charge in [-0.2, -0.15) is 0 Å². The summed E-state index contributed by atoms with van der Waals surface area (Å²) in [6.45, 7) is 8.06. The van der Waals surface area contributed by atoms with Crippen LogP contribution in [-0.4, -0.2) is 33.9 Å². The van der Waals surface area contributed by atoms with Crippen molar-refractivity contribution in [1.82, 2.24) is 14.9 Å². The molecule has 1 aliphatic heterocycles. The molecule has 0 bridgehead atoms. The molecule has 1 aliphatic rings. The number of carbonyl (C=O) groups is 1. The number of hydrogen-bond acceptors (Lipinski definition) is 2. The standard InChI is InChI=1S/C14H23N3O/c1-14(2,3)10-12(18)17-8-4-11(5-9-17)13-15-6-7-16-13/h6-7,11H,4-5,8-10H2,1-3H3,(H,15,16). The lowest BCUT2D eigenvalue weighted by Gasteiger charge is -2.33. The maximum atomic E-state index is 12.1. The van der Waals surface area contributed by atoms with Gasteiger partial charge in [-0.1, -0.05) is 20.8 Å². The monoisotopic (exact) mass is 249 g/mol. The lowest BCUT2D eigenvalue weighted by molar-refractivity contribution is -0.134. The maximum absolute atomic E-state index is 12.1. The highest BCUT2D eigenvalue weighted by Gasteiger charge is 2.27. The van der Waals surface area contributed by atoms with Crippen molar-refractivity contribution in [2.24, 2.45) is 5.41 Å². The Balaban J connectivity index is 1.85. The molecule has 0 aliphatic carbocycles. The van der Waals surface area contributed by atoms with E-state index >= 15 is 0 Å². The molecule has 1 aromatic rings. The molecule has 1 fully saturated rings. The van der Waals surface area contributed by atoms with Crippen molar-refractivity contribution in [2.75, 3.05) is 13.1 Å². The average Bonchev–Trinajstić information content (AvgIpc) is 2.80. The van der Waals surface area contributed by atoms with E-state index in [9.17, 15) is 4.79 Å². The van der Waals surface area contributed by atoms with Gasteiger partial charge in [0.25, 0.3) is 0 Å². The highest BCUT2D eigenvalue weighted by molar-refractivity contribution is 5.76. The second-order valence-electron chi connectivity index (χ2n) is 6.37. The summed E-state index contributed by atoms with van der Waals surface area (Å²) in [4.78, 5) is 21.6. The van der Waals surface area contributed by atoms with Gasteiger partial charge in [-0.25, -0.2) is 4.98 Å². The van der Waals surface area contributed by atoms with Gasteiger partial charge in [0.15, 0.2) is 0 Å². The fraction of sp³-hybridized carbons (Fsp3) is 0.714. The Morgan fingerprint density at radius 2 is 2.11 bits per heavy atom. The molecule has 18 heavy (non-hydrogen) atoms. The Morgan fingerprint density at radius 1 is 1.44 bits per heavy atom. The number of aromatic amines is 1. The smallest absolute Gasteiger partial charge is 0.223 e. The fourth-order valence-corrected chi connectivity index (χ4v) is 2.47. The van der Waals surface area contributed by atoms with Crippen LogP contribution in [0.25, 0.3) is 0 Å². The van der Waals surface area contributed by atoms with Gasteiger partial charge in [0.05, 0.1) is 0 Å². The largest absolute Gasteiger partial charge is 0.348 e. The van der Waals surface area contributed by atoms with Crippen molar-refractivity contribution in [3.8, 4) is 0 Å². The summed E-state index contributed by atoms with van der Waals surface area (Å²) in [7, 11) is 0. The quantitative estimate of drug-likeness (QED) is 0.875. The van der Waals surface area contributed by atoms with Gasteiger partial charge in [0.2, 0.25) is 5.91 Å². The van der Waals surface area contributed by atoms with Crippen molar-refractivity contribution < 1.29 is 4.79 Å². The zero-order valence-corrected chi connectivity index (χ0v) is 11.6. The molecule has 2 rings (SSSR count). The Kier molecular flexibility index (Phi) is 3.73. The summed E-state index contributed by atoms with van der Waals surface area (Å²) in [5, 5.41) is 0. The molecular formula is C14H23N3O. The molecule has 1 amide bonds. The van der Waals surface area contributed by atoms with E-state index in [1.807, 2.05) is 11.1 Å². The molecule has 0 atom stereocenters. The molecule has 0 unspecified atom stereocenters. The van der Waals surface area contributed by atoms with Crippen LogP contribution in [0.2, 0.25) is 0 Å². The number of nitrogens with one attached hydrogen (secondary N) is 1. The summed E-state index contributed by atoms with van der Waals surface area (Å²) in [5.74, 6) is 1.84.